The Balaban J connectivity index is 1.80. The van der Waals surface area contributed by atoms with Crippen LogP contribution in [0.25, 0.3) is 0 Å². The van der Waals surface area contributed by atoms with Gasteiger partial charge in [0.1, 0.15) is 17.9 Å². The lowest BCUT2D eigenvalue weighted by atomic mass is 10.1. The molecule has 0 saturated heterocycles. The topological polar surface area (TPSA) is 72.5 Å². The molecule has 0 aromatic heterocycles. The SMILES string of the molecule is N[C@H](CSCC1Cc2cc(Cl)ccc2O1)C(=O)O. The van der Waals surface area contributed by atoms with Crippen LogP contribution in [0.3, 0.4) is 0 Å². The Bertz CT molecular complexity index is 455. The summed E-state index contributed by atoms with van der Waals surface area (Å²) in [5.74, 6) is 1.02. The summed E-state index contributed by atoms with van der Waals surface area (Å²) in [7, 11) is 0. The molecule has 1 aliphatic heterocycles. The summed E-state index contributed by atoms with van der Waals surface area (Å²) in [6, 6.07) is 4.76. The highest BCUT2D eigenvalue weighted by Crippen LogP contribution is 2.32. The zero-order valence-corrected chi connectivity index (χ0v) is 11.2. The first-order valence-corrected chi connectivity index (χ1v) is 7.10. The number of hydrogen-bond donors (Lipinski definition) is 2. The zero-order chi connectivity index (χ0) is 13.1. The van der Waals surface area contributed by atoms with Crippen molar-refractivity contribution in [2.45, 2.75) is 18.6 Å². The summed E-state index contributed by atoms with van der Waals surface area (Å²) in [4.78, 5) is 10.6. The number of aliphatic carboxylic acids is 1. The highest BCUT2D eigenvalue weighted by Gasteiger charge is 2.23. The van der Waals surface area contributed by atoms with Crippen LogP contribution in [0, 0.1) is 0 Å². The number of benzene rings is 1. The number of thioether (sulfide) groups is 1. The number of carboxylic acid groups (broad SMARTS) is 1. The first-order chi connectivity index (χ1) is 8.56. The lowest BCUT2D eigenvalue weighted by Gasteiger charge is -2.11. The quantitative estimate of drug-likeness (QED) is 0.864. The first-order valence-electron chi connectivity index (χ1n) is 5.57. The standard InChI is InChI=1S/C12H14ClNO3S/c13-8-1-2-11-7(3-8)4-9(17-11)5-18-6-10(14)12(15)16/h1-3,9-10H,4-6,14H2,(H,15,16)/t9?,10-/m1/s1. The molecule has 2 rings (SSSR count). The molecule has 0 bridgehead atoms. The van der Waals surface area contributed by atoms with E-state index in [-0.39, 0.29) is 6.10 Å². The van der Waals surface area contributed by atoms with Gasteiger partial charge in [-0.3, -0.25) is 4.79 Å². The van der Waals surface area contributed by atoms with Crippen LogP contribution >= 0.6 is 23.4 Å². The van der Waals surface area contributed by atoms with Gasteiger partial charge in [0.15, 0.2) is 0 Å². The molecule has 3 N–H and O–H groups in total. The van der Waals surface area contributed by atoms with Crippen molar-refractivity contribution in [1.29, 1.82) is 0 Å². The number of hydrogen-bond acceptors (Lipinski definition) is 4. The molecule has 6 heteroatoms. The van der Waals surface area contributed by atoms with Crippen LogP contribution in [0.5, 0.6) is 5.75 Å². The molecule has 98 valence electrons. The summed E-state index contributed by atoms with van der Waals surface area (Å²) in [5.41, 5.74) is 6.53. The zero-order valence-electron chi connectivity index (χ0n) is 9.64. The van der Waals surface area contributed by atoms with E-state index in [0.717, 1.165) is 23.5 Å². The molecule has 4 nitrogen and oxygen atoms in total. The minimum Gasteiger partial charge on any atom is -0.489 e. The number of rotatable bonds is 5. The van der Waals surface area contributed by atoms with Crippen molar-refractivity contribution in [2.75, 3.05) is 11.5 Å². The van der Waals surface area contributed by atoms with Gasteiger partial charge in [0.2, 0.25) is 0 Å². The number of carboxylic acids is 1. The van der Waals surface area contributed by atoms with Gasteiger partial charge in [-0.15, -0.1) is 0 Å². The maximum atomic E-state index is 10.6. The predicted molar refractivity (Wildman–Crippen MR) is 72.5 cm³/mol. The van der Waals surface area contributed by atoms with Crippen LogP contribution < -0.4 is 10.5 Å². The molecule has 1 unspecified atom stereocenters. The molecule has 0 aliphatic carbocycles. The van der Waals surface area contributed by atoms with E-state index in [1.54, 1.807) is 6.07 Å². The molecular weight excluding hydrogens is 274 g/mol. The smallest absolute Gasteiger partial charge is 0.321 e. The third-order valence-corrected chi connectivity index (χ3v) is 4.12. The molecule has 0 radical (unpaired) electrons. The molecule has 1 aromatic rings. The molecule has 1 heterocycles. The molecule has 18 heavy (non-hydrogen) atoms. The van der Waals surface area contributed by atoms with Crippen molar-refractivity contribution in [3.05, 3.63) is 28.8 Å². The summed E-state index contributed by atoms with van der Waals surface area (Å²) in [6.45, 7) is 0. The monoisotopic (exact) mass is 287 g/mol. The number of fused-ring (bicyclic) bond motifs is 1. The van der Waals surface area contributed by atoms with Crippen LogP contribution in [0.2, 0.25) is 5.02 Å². The second kappa shape index (κ2) is 5.82. The van der Waals surface area contributed by atoms with Crippen molar-refractivity contribution in [3.8, 4) is 5.75 Å². The summed E-state index contributed by atoms with van der Waals surface area (Å²) in [6.07, 6.45) is 0.884. The van der Waals surface area contributed by atoms with Crippen LogP contribution in [0.15, 0.2) is 18.2 Å². The summed E-state index contributed by atoms with van der Waals surface area (Å²) in [5, 5.41) is 9.37. The number of nitrogens with two attached hydrogens (primary N) is 1. The second-order valence-corrected chi connectivity index (χ2v) is 5.69. The fourth-order valence-electron chi connectivity index (χ4n) is 1.78. The Hall–Kier alpha value is -0.910. The molecular formula is C12H14ClNO3S. The van der Waals surface area contributed by atoms with E-state index in [1.807, 2.05) is 12.1 Å². The maximum absolute atomic E-state index is 10.6. The largest absolute Gasteiger partial charge is 0.489 e. The molecule has 0 fully saturated rings. The van der Waals surface area contributed by atoms with Crippen LogP contribution in [-0.2, 0) is 11.2 Å². The number of halogens is 1. The Kier molecular flexibility index (Phi) is 4.37. The normalized spacial score (nSPS) is 19.1. The van der Waals surface area contributed by atoms with Crippen molar-refractivity contribution < 1.29 is 14.6 Å². The first kappa shape index (κ1) is 13.5. The Morgan fingerprint density at radius 3 is 3.17 bits per heavy atom. The van der Waals surface area contributed by atoms with E-state index in [1.165, 1.54) is 11.8 Å². The second-order valence-electron chi connectivity index (χ2n) is 4.18. The van der Waals surface area contributed by atoms with Crippen molar-refractivity contribution in [3.63, 3.8) is 0 Å². The Labute approximate surface area is 114 Å². The van der Waals surface area contributed by atoms with Gasteiger partial charge < -0.3 is 15.6 Å². The van der Waals surface area contributed by atoms with Crippen LogP contribution in [0.1, 0.15) is 5.56 Å². The van der Waals surface area contributed by atoms with Gasteiger partial charge in [-0.1, -0.05) is 11.6 Å². The van der Waals surface area contributed by atoms with Gasteiger partial charge in [0.05, 0.1) is 0 Å². The molecule has 1 aliphatic rings. The fourth-order valence-corrected chi connectivity index (χ4v) is 2.96. The minimum absolute atomic E-state index is 0.0736. The highest BCUT2D eigenvalue weighted by molar-refractivity contribution is 7.99. The Morgan fingerprint density at radius 1 is 1.67 bits per heavy atom. The molecule has 0 amide bonds. The van der Waals surface area contributed by atoms with E-state index >= 15 is 0 Å². The van der Waals surface area contributed by atoms with Gasteiger partial charge in [-0.2, -0.15) is 11.8 Å². The Morgan fingerprint density at radius 2 is 2.44 bits per heavy atom. The predicted octanol–water partition coefficient (Wildman–Crippen LogP) is 1.79. The average Bonchev–Trinajstić information content (AvgIpc) is 2.70. The van der Waals surface area contributed by atoms with Crippen LogP contribution in [0.4, 0.5) is 0 Å². The van der Waals surface area contributed by atoms with Gasteiger partial charge in [-0.05, 0) is 23.8 Å². The van der Waals surface area contributed by atoms with E-state index in [2.05, 4.69) is 0 Å². The number of ether oxygens (including phenoxy) is 1. The van der Waals surface area contributed by atoms with E-state index in [9.17, 15) is 4.79 Å². The van der Waals surface area contributed by atoms with Gasteiger partial charge in [0.25, 0.3) is 0 Å². The molecule has 1 aromatic carbocycles. The van der Waals surface area contributed by atoms with E-state index < -0.39 is 12.0 Å². The van der Waals surface area contributed by atoms with Crippen molar-refractivity contribution in [1.82, 2.24) is 0 Å². The van der Waals surface area contributed by atoms with Gasteiger partial charge in [-0.25, -0.2) is 0 Å². The fraction of sp³-hybridized carbons (Fsp3) is 0.417. The maximum Gasteiger partial charge on any atom is 0.321 e. The third kappa shape index (κ3) is 3.31. The lowest BCUT2D eigenvalue weighted by molar-refractivity contribution is -0.137. The number of carbonyl (C=O) groups is 1. The van der Waals surface area contributed by atoms with Gasteiger partial charge >= 0.3 is 5.97 Å². The minimum atomic E-state index is -0.968. The van der Waals surface area contributed by atoms with E-state index in [0.29, 0.717) is 10.8 Å². The average molecular weight is 288 g/mol. The van der Waals surface area contributed by atoms with Crippen molar-refractivity contribution in [2.24, 2.45) is 5.73 Å². The van der Waals surface area contributed by atoms with Gasteiger partial charge in [0, 0.05) is 22.9 Å². The summed E-state index contributed by atoms with van der Waals surface area (Å²) >= 11 is 7.41. The molecule has 0 saturated carbocycles. The third-order valence-electron chi connectivity index (χ3n) is 2.68. The molecule has 0 spiro atoms. The summed E-state index contributed by atoms with van der Waals surface area (Å²) < 4.78 is 5.74. The lowest BCUT2D eigenvalue weighted by Crippen LogP contribution is -2.33. The van der Waals surface area contributed by atoms with E-state index in [4.69, 9.17) is 27.2 Å². The highest BCUT2D eigenvalue weighted by atomic mass is 35.5. The van der Waals surface area contributed by atoms with Crippen LogP contribution in [-0.4, -0.2) is 34.7 Å². The molecule has 2 atom stereocenters. The van der Waals surface area contributed by atoms with Crippen molar-refractivity contribution >= 4 is 29.3 Å².